The summed E-state index contributed by atoms with van der Waals surface area (Å²) in [7, 11) is 1.63. The van der Waals surface area contributed by atoms with E-state index >= 15 is 0 Å². The summed E-state index contributed by atoms with van der Waals surface area (Å²) >= 11 is 7.35. The van der Waals surface area contributed by atoms with Crippen molar-refractivity contribution < 1.29 is 19.1 Å². The Morgan fingerprint density at radius 2 is 1.71 bits per heavy atom. The Labute approximate surface area is 251 Å². The largest absolute Gasteiger partial charge is 0.497 e. The highest BCUT2D eigenvalue weighted by molar-refractivity contribution is 8.15. The number of methoxy groups -OCH3 is 1. The molecule has 9 heteroatoms. The third-order valence-corrected chi connectivity index (χ3v) is 8.09. The van der Waals surface area contributed by atoms with E-state index in [4.69, 9.17) is 26.1 Å². The number of hydrogen-bond donors (Lipinski definition) is 1. The van der Waals surface area contributed by atoms with Crippen molar-refractivity contribution >= 4 is 51.7 Å². The molecule has 0 spiro atoms. The minimum Gasteiger partial charge on any atom is -0.497 e. The number of rotatable bonds is 13. The lowest BCUT2D eigenvalue weighted by molar-refractivity contribution is -0.129. The number of nitrogens with one attached hydrogen (secondary N) is 1. The fourth-order valence-corrected chi connectivity index (χ4v) is 5.55. The number of hydrogen-bond acceptors (Lipinski definition) is 6. The number of amidine groups is 1. The van der Waals surface area contributed by atoms with E-state index in [0.29, 0.717) is 41.1 Å². The van der Waals surface area contributed by atoms with Gasteiger partial charge in [0.1, 0.15) is 16.7 Å². The molecular formula is C32H36ClN3O4S. The first-order valence-electron chi connectivity index (χ1n) is 13.9. The van der Waals surface area contributed by atoms with Gasteiger partial charge >= 0.3 is 0 Å². The van der Waals surface area contributed by atoms with E-state index in [2.05, 4.69) is 12.2 Å². The molecule has 4 rings (SSSR count). The molecule has 0 radical (unpaired) electrons. The van der Waals surface area contributed by atoms with Crippen molar-refractivity contribution in [3.05, 3.63) is 83.4 Å². The number of anilines is 1. The Morgan fingerprint density at radius 3 is 2.39 bits per heavy atom. The number of unbranched alkanes of at least 4 members (excludes halogenated alkanes) is 3. The summed E-state index contributed by atoms with van der Waals surface area (Å²) < 4.78 is 11.0. The number of aliphatic imine (C=N–C) groups is 1. The van der Waals surface area contributed by atoms with Crippen LogP contribution in [0.3, 0.4) is 0 Å². The Kier molecular flexibility index (Phi) is 11.5. The van der Waals surface area contributed by atoms with Crippen LogP contribution >= 0.6 is 23.4 Å². The molecule has 0 saturated carbocycles. The van der Waals surface area contributed by atoms with E-state index in [0.717, 1.165) is 29.9 Å². The van der Waals surface area contributed by atoms with Gasteiger partial charge in [0, 0.05) is 23.7 Å². The maximum atomic E-state index is 13.3. The van der Waals surface area contributed by atoms with Gasteiger partial charge in [0.2, 0.25) is 11.8 Å². The Balaban J connectivity index is 1.42. The van der Waals surface area contributed by atoms with Crippen molar-refractivity contribution in [1.82, 2.24) is 4.90 Å². The van der Waals surface area contributed by atoms with E-state index in [9.17, 15) is 9.59 Å². The molecule has 216 valence electrons. The van der Waals surface area contributed by atoms with Gasteiger partial charge in [-0.25, -0.2) is 4.99 Å². The van der Waals surface area contributed by atoms with Crippen LogP contribution in [-0.4, -0.2) is 47.4 Å². The van der Waals surface area contributed by atoms with Crippen molar-refractivity contribution in [2.24, 2.45) is 4.99 Å². The number of ether oxygens (including phenoxy) is 2. The van der Waals surface area contributed by atoms with Crippen LogP contribution in [0.5, 0.6) is 11.5 Å². The monoisotopic (exact) mass is 593 g/mol. The molecule has 0 aliphatic carbocycles. The summed E-state index contributed by atoms with van der Waals surface area (Å²) in [6, 6.07) is 22.2. The average Bonchev–Trinajstić information content (AvgIpc) is 2.98. The second kappa shape index (κ2) is 15.5. The zero-order valence-corrected chi connectivity index (χ0v) is 25.0. The van der Waals surface area contributed by atoms with Gasteiger partial charge in [-0.15, -0.1) is 0 Å². The summed E-state index contributed by atoms with van der Waals surface area (Å²) in [6.07, 6.45) is 5.30. The third kappa shape index (κ3) is 9.26. The Hall–Kier alpha value is -3.49. The van der Waals surface area contributed by atoms with E-state index in [1.165, 1.54) is 24.6 Å². The van der Waals surface area contributed by atoms with Crippen molar-refractivity contribution in [1.29, 1.82) is 0 Å². The molecule has 1 aliphatic rings. The fourth-order valence-electron chi connectivity index (χ4n) is 4.30. The van der Waals surface area contributed by atoms with Gasteiger partial charge in [0.25, 0.3) is 0 Å². The molecule has 1 fully saturated rings. The quantitative estimate of drug-likeness (QED) is 0.207. The normalized spacial score (nSPS) is 16.1. The molecule has 1 aliphatic heterocycles. The topological polar surface area (TPSA) is 80.2 Å². The molecule has 0 bridgehead atoms. The first kappa shape index (κ1) is 30.5. The zero-order chi connectivity index (χ0) is 29.0. The van der Waals surface area contributed by atoms with Crippen molar-refractivity contribution in [2.75, 3.05) is 25.6 Å². The van der Waals surface area contributed by atoms with Crippen molar-refractivity contribution in [2.45, 2.75) is 50.7 Å². The summed E-state index contributed by atoms with van der Waals surface area (Å²) in [5.41, 5.74) is 2.38. The van der Waals surface area contributed by atoms with Gasteiger partial charge in [-0.2, -0.15) is 0 Å². The number of nitrogens with zero attached hydrogens (tertiary/aromatic N) is 2. The number of amides is 2. The molecule has 1 saturated heterocycles. The minimum absolute atomic E-state index is 0.0811. The SMILES string of the molecule is CCCCCCOc1ccc(NC(=O)C2CC(=O)N(CCc3ccc(OC)cc3)C(=Nc3ccc(Cl)cc3)S2)cc1. The summed E-state index contributed by atoms with van der Waals surface area (Å²) in [6.45, 7) is 3.30. The van der Waals surface area contributed by atoms with Crippen LogP contribution in [0.4, 0.5) is 11.4 Å². The van der Waals surface area contributed by atoms with E-state index in [1.54, 1.807) is 36.3 Å². The maximum absolute atomic E-state index is 13.3. The second-order valence-electron chi connectivity index (χ2n) is 9.75. The minimum atomic E-state index is -0.611. The van der Waals surface area contributed by atoms with E-state index in [1.807, 2.05) is 48.5 Å². The van der Waals surface area contributed by atoms with Gasteiger partial charge in [0.05, 0.1) is 19.4 Å². The van der Waals surface area contributed by atoms with E-state index in [-0.39, 0.29) is 18.2 Å². The molecule has 1 atom stereocenters. The molecule has 41 heavy (non-hydrogen) atoms. The molecule has 1 unspecified atom stereocenters. The molecular weight excluding hydrogens is 558 g/mol. The predicted molar refractivity (Wildman–Crippen MR) is 168 cm³/mol. The lowest BCUT2D eigenvalue weighted by Gasteiger charge is -2.32. The third-order valence-electron chi connectivity index (χ3n) is 6.66. The Bertz CT molecular complexity index is 1310. The Morgan fingerprint density at radius 1 is 1.00 bits per heavy atom. The molecule has 7 nitrogen and oxygen atoms in total. The van der Waals surface area contributed by atoms with Gasteiger partial charge in [-0.1, -0.05) is 61.7 Å². The zero-order valence-electron chi connectivity index (χ0n) is 23.5. The van der Waals surface area contributed by atoms with Gasteiger partial charge in [0.15, 0.2) is 5.17 Å². The highest BCUT2D eigenvalue weighted by atomic mass is 35.5. The lowest BCUT2D eigenvalue weighted by atomic mass is 10.1. The van der Waals surface area contributed by atoms with Crippen molar-refractivity contribution in [3.8, 4) is 11.5 Å². The van der Waals surface area contributed by atoms with Crippen LogP contribution in [0.2, 0.25) is 5.02 Å². The lowest BCUT2D eigenvalue weighted by Crippen LogP contribution is -2.46. The first-order valence-corrected chi connectivity index (χ1v) is 15.2. The maximum Gasteiger partial charge on any atom is 0.238 e. The predicted octanol–water partition coefficient (Wildman–Crippen LogP) is 7.51. The van der Waals surface area contributed by atoms with Crippen LogP contribution in [0, 0.1) is 0 Å². The highest BCUT2D eigenvalue weighted by Crippen LogP contribution is 2.31. The first-order chi connectivity index (χ1) is 19.9. The molecule has 2 amide bonds. The molecule has 3 aromatic carbocycles. The van der Waals surface area contributed by atoms with Crippen LogP contribution in [0.1, 0.15) is 44.6 Å². The van der Waals surface area contributed by atoms with Gasteiger partial charge in [-0.3, -0.25) is 14.5 Å². The standard InChI is InChI=1S/C32H36ClN3O4S/c1-3-4-5-6-21-40-28-17-13-25(14-18-28)34-31(38)29-22-30(37)36(20-19-23-7-15-27(39-2)16-8-23)32(41-29)35-26-11-9-24(33)10-12-26/h7-18,29H,3-6,19-22H2,1-2H3,(H,34,38). The number of thioether (sulfide) groups is 1. The molecule has 3 aromatic rings. The summed E-state index contributed by atoms with van der Waals surface area (Å²) in [5, 5.41) is 3.43. The summed E-state index contributed by atoms with van der Waals surface area (Å²) in [5.74, 6) is 1.17. The van der Waals surface area contributed by atoms with Crippen LogP contribution in [0.15, 0.2) is 77.8 Å². The molecule has 1 N–H and O–H groups in total. The van der Waals surface area contributed by atoms with Crippen LogP contribution < -0.4 is 14.8 Å². The number of halogens is 1. The second-order valence-corrected chi connectivity index (χ2v) is 11.4. The average molecular weight is 594 g/mol. The van der Waals surface area contributed by atoms with E-state index < -0.39 is 5.25 Å². The van der Waals surface area contributed by atoms with Gasteiger partial charge in [-0.05, 0) is 79.1 Å². The highest BCUT2D eigenvalue weighted by Gasteiger charge is 2.35. The van der Waals surface area contributed by atoms with Crippen LogP contribution in [-0.2, 0) is 16.0 Å². The smallest absolute Gasteiger partial charge is 0.238 e. The number of benzene rings is 3. The number of carbonyl (C=O) groups excluding carboxylic acids is 2. The molecule has 0 aromatic heterocycles. The summed E-state index contributed by atoms with van der Waals surface area (Å²) in [4.78, 5) is 33.0. The van der Waals surface area contributed by atoms with Crippen molar-refractivity contribution in [3.63, 3.8) is 0 Å². The van der Waals surface area contributed by atoms with Crippen LogP contribution in [0.25, 0.3) is 0 Å². The molecule has 1 heterocycles. The number of carbonyl (C=O) groups is 2. The fraction of sp³-hybridized carbons (Fsp3) is 0.344. The van der Waals surface area contributed by atoms with Gasteiger partial charge < -0.3 is 14.8 Å².